The normalized spacial score (nSPS) is 31.2. The lowest BCUT2D eigenvalue weighted by Crippen LogP contribution is -2.35. The van der Waals surface area contributed by atoms with Crippen LogP contribution >= 0.6 is 0 Å². The van der Waals surface area contributed by atoms with Gasteiger partial charge in [0, 0.05) is 42.4 Å². The molecule has 0 radical (unpaired) electrons. The number of hydrogen-bond donors (Lipinski definition) is 0. The molecule has 2 aromatic rings. The first-order chi connectivity index (χ1) is 13.7. The van der Waals surface area contributed by atoms with Crippen molar-refractivity contribution >= 4 is 0 Å². The Morgan fingerprint density at radius 3 is 2.57 bits per heavy atom. The molecule has 0 N–H and O–H groups in total. The zero-order valence-electron chi connectivity index (χ0n) is 16.2. The summed E-state index contributed by atoms with van der Waals surface area (Å²) in [7, 11) is 0. The summed E-state index contributed by atoms with van der Waals surface area (Å²) in [5, 5.41) is 0. The molecule has 1 saturated carbocycles. The van der Waals surface area contributed by atoms with Crippen LogP contribution in [-0.2, 0) is 5.41 Å². The maximum Gasteiger partial charge on any atom is 0.263 e. The van der Waals surface area contributed by atoms with E-state index in [9.17, 15) is 8.78 Å². The molecular formula is C25H27F2N. The van der Waals surface area contributed by atoms with Crippen LogP contribution in [0.2, 0.25) is 0 Å². The second-order valence-electron chi connectivity index (χ2n) is 9.59. The first kappa shape index (κ1) is 17.1. The highest BCUT2D eigenvalue weighted by Crippen LogP contribution is 2.63. The third-order valence-corrected chi connectivity index (χ3v) is 8.16. The molecule has 28 heavy (non-hydrogen) atoms. The van der Waals surface area contributed by atoms with Gasteiger partial charge in [0.25, 0.3) is 6.43 Å². The predicted molar refractivity (Wildman–Crippen MR) is 107 cm³/mol. The average molecular weight is 379 g/mol. The van der Waals surface area contributed by atoms with E-state index in [1.54, 1.807) is 6.07 Å². The minimum Gasteiger partial charge on any atom is -0.302 e. The van der Waals surface area contributed by atoms with E-state index in [0.29, 0.717) is 11.8 Å². The minimum atomic E-state index is -2.39. The van der Waals surface area contributed by atoms with Crippen molar-refractivity contribution in [2.45, 2.75) is 55.8 Å². The first-order valence-corrected chi connectivity index (χ1v) is 10.9. The molecule has 1 nitrogen and oxygen atoms in total. The van der Waals surface area contributed by atoms with Gasteiger partial charge in [0.1, 0.15) is 0 Å². The number of rotatable bonds is 3. The van der Waals surface area contributed by atoms with Crippen LogP contribution in [0.25, 0.3) is 0 Å². The van der Waals surface area contributed by atoms with Gasteiger partial charge in [0.05, 0.1) is 0 Å². The number of likely N-dealkylation sites (tertiary alicyclic amines) is 1. The van der Waals surface area contributed by atoms with Crippen LogP contribution < -0.4 is 0 Å². The molecule has 0 aromatic heterocycles. The van der Waals surface area contributed by atoms with Crippen LogP contribution in [0.15, 0.2) is 42.5 Å². The van der Waals surface area contributed by atoms with Crippen LogP contribution in [0.3, 0.4) is 0 Å². The molecule has 2 bridgehead atoms. The molecule has 2 fully saturated rings. The van der Waals surface area contributed by atoms with Crippen molar-refractivity contribution in [2.24, 2.45) is 5.92 Å². The summed E-state index contributed by atoms with van der Waals surface area (Å²) in [4.78, 5) is 2.67. The van der Waals surface area contributed by atoms with Gasteiger partial charge in [-0.05, 0) is 53.5 Å². The van der Waals surface area contributed by atoms with E-state index in [1.165, 1.54) is 54.5 Å². The maximum atomic E-state index is 13.5. The summed E-state index contributed by atoms with van der Waals surface area (Å²) in [6.07, 6.45) is 4.17. The van der Waals surface area contributed by atoms with Crippen molar-refractivity contribution in [2.75, 3.05) is 19.6 Å². The van der Waals surface area contributed by atoms with E-state index in [0.717, 1.165) is 25.4 Å². The quantitative estimate of drug-likeness (QED) is 0.632. The van der Waals surface area contributed by atoms with Gasteiger partial charge in [0.15, 0.2) is 0 Å². The molecule has 2 aromatic carbocycles. The Bertz CT molecular complexity index is 917. The van der Waals surface area contributed by atoms with Crippen molar-refractivity contribution in [1.82, 2.24) is 4.90 Å². The molecule has 4 aliphatic rings. The molecule has 146 valence electrons. The summed E-state index contributed by atoms with van der Waals surface area (Å²) in [6, 6.07) is 14.4. The van der Waals surface area contributed by atoms with E-state index < -0.39 is 6.43 Å². The van der Waals surface area contributed by atoms with Crippen LogP contribution in [0.1, 0.15) is 78.2 Å². The third-order valence-electron chi connectivity index (χ3n) is 8.16. The lowest BCUT2D eigenvalue weighted by atomic mass is 9.65. The average Bonchev–Trinajstić information content (AvgIpc) is 3.41. The molecule has 1 spiro atoms. The fourth-order valence-electron chi connectivity index (χ4n) is 7.03. The fourth-order valence-corrected chi connectivity index (χ4v) is 7.03. The molecule has 3 heteroatoms. The van der Waals surface area contributed by atoms with Gasteiger partial charge < -0.3 is 4.90 Å². The van der Waals surface area contributed by atoms with Gasteiger partial charge in [-0.25, -0.2) is 8.78 Å². The first-order valence-electron chi connectivity index (χ1n) is 10.9. The summed E-state index contributed by atoms with van der Waals surface area (Å²) in [5.41, 5.74) is 5.67. The largest absolute Gasteiger partial charge is 0.302 e. The number of hydrogen-bond acceptors (Lipinski definition) is 1. The predicted octanol–water partition coefficient (Wildman–Crippen LogP) is 6.00. The molecule has 6 rings (SSSR count). The van der Waals surface area contributed by atoms with Crippen LogP contribution in [-0.4, -0.2) is 24.5 Å². The molecule has 3 atom stereocenters. The van der Waals surface area contributed by atoms with Gasteiger partial charge in [-0.15, -0.1) is 0 Å². The summed E-state index contributed by atoms with van der Waals surface area (Å²) in [6.45, 7) is 3.31. The lowest BCUT2D eigenvalue weighted by molar-refractivity contribution is 0.151. The Balaban J connectivity index is 1.46. The highest BCUT2D eigenvalue weighted by atomic mass is 19.3. The second kappa shape index (κ2) is 6.13. The smallest absolute Gasteiger partial charge is 0.263 e. The molecule has 1 aliphatic heterocycles. The Labute approximate surface area is 165 Å². The standard InChI is InChI=1S/C25H27F2N/c26-24(27)17-9-10-20-21-12-25(22(20)11-17)15-28(13-16-5-1-2-6-16)14-23(25)19-8-4-3-7-18(19)21/h3-4,7-11,16,21,23-24H,1-2,5-6,12-15H2. The van der Waals surface area contributed by atoms with E-state index >= 15 is 0 Å². The Kier molecular flexibility index (Phi) is 3.75. The monoisotopic (exact) mass is 379 g/mol. The third kappa shape index (κ3) is 2.32. The molecular weight excluding hydrogens is 352 g/mol. The van der Waals surface area contributed by atoms with E-state index in [-0.39, 0.29) is 11.0 Å². The number of halogens is 2. The van der Waals surface area contributed by atoms with Crippen LogP contribution in [0, 0.1) is 5.92 Å². The summed E-state index contributed by atoms with van der Waals surface area (Å²) >= 11 is 0. The van der Waals surface area contributed by atoms with E-state index in [2.05, 4.69) is 29.2 Å². The molecule has 1 saturated heterocycles. The number of fused-ring (bicyclic) bond motifs is 3. The number of alkyl halides is 2. The zero-order valence-corrected chi connectivity index (χ0v) is 16.2. The van der Waals surface area contributed by atoms with Crippen molar-refractivity contribution < 1.29 is 8.78 Å². The van der Waals surface area contributed by atoms with E-state index in [1.807, 2.05) is 12.1 Å². The Hall–Kier alpha value is -1.74. The maximum absolute atomic E-state index is 13.5. The highest BCUT2D eigenvalue weighted by molar-refractivity contribution is 5.59. The fraction of sp³-hybridized carbons (Fsp3) is 0.520. The Morgan fingerprint density at radius 1 is 1.00 bits per heavy atom. The highest BCUT2D eigenvalue weighted by Gasteiger charge is 2.58. The van der Waals surface area contributed by atoms with Gasteiger partial charge >= 0.3 is 0 Å². The van der Waals surface area contributed by atoms with Gasteiger partial charge in [-0.3, -0.25) is 0 Å². The zero-order chi connectivity index (χ0) is 18.9. The topological polar surface area (TPSA) is 3.24 Å². The van der Waals surface area contributed by atoms with Crippen molar-refractivity contribution in [1.29, 1.82) is 0 Å². The molecule has 3 unspecified atom stereocenters. The minimum absolute atomic E-state index is 0.0257. The van der Waals surface area contributed by atoms with Crippen molar-refractivity contribution in [3.05, 3.63) is 70.3 Å². The molecule has 1 heterocycles. The molecule has 3 aliphatic carbocycles. The number of benzene rings is 2. The lowest BCUT2D eigenvalue weighted by Gasteiger charge is -2.37. The van der Waals surface area contributed by atoms with E-state index in [4.69, 9.17) is 0 Å². The Morgan fingerprint density at radius 2 is 1.79 bits per heavy atom. The van der Waals surface area contributed by atoms with Crippen molar-refractivity contribution in [3.8, 4) is 0 Å². The van der Waals surface area contributed by atoms with Crippen LogP contribution in [0.4, 0.5) is 8.78 Å². The van der Waals surface area contributed by atoms with Crippen molar-refractivity contribution in [3.63, 3.8) is 0 Å². The summed E-state index contributed by atoms with van der Waals surface area (Å²) in [5.74, 6) is 1.65. The van der Waals surface area contributed by atoms with Gasteiger partial charge in [-0.2, -0.15) is 0 Å². The van der Waals surface area contributed by atoms with Crippen LogP contribution in [0.5, 0.6) is 0 Å². The SMILES string of the molecule is FC(F)c1ccc2c(c1)C13CC2c2ccccc2C1CN(CC1CCCC1)C3. The van der Waals surface area contributed by atoms with Gasteiger partial charge in [0.2, 0.25) is 0 Å². The van der Waals surface area contributed by atoms with Gasteiger partial charge in [-0.1, -0.05) is 49.2 Å². The summed E-state index contributed by atoms with van der Waals surface area (Å²) < 4.78 is 27.0. The molecule has 0 amide bonds. The number of nitrogens with zero attached hydrogens (tertiary/aromatic N) is 1. The second-order valence-corrected chi connectivity index (χ2v) is 9.59.